The molecule has 2 unspecified atom stereocenters. The van der Waals surface area contributed by atoms with Crippen molar-refractivity contribution in [2.24, 2.45) is 0 Å². The lowest BCUT2D eigenvalue weighted by atomic mass is 10.2. The van der Waals surface area contributed by atoms with Gasteiger partial charge in [-0.15, -0.1) is 5.10 Å². The molecule has 3 rings (SSSR count). The number of rotatable bonds is 3. The third kappa shape index (κ3) is 3.39. The molecule has 24 heavy (non-hydrogen) atoms. The maximum atomic E-state index is 12.4. The van der Waals surface area contributed by atoms with Crippen LogP contribution in [0.3, 0.4) is 0 Å². The average molecular weight is 349 g/mol. The van der Waals surface area contributed by atoms with Crippen molar-refractivity contribution >= 4 is 23.4 Å². The summed E-state index contributed by atoms with van der Waals surface area (Å²) in [6.07, 6.45) is 0.155. The number of hydrogen-bond acceptors (Lipinski definition) is 6. The van der Waals surface area contributed by atoms with Crippen LogP contribution in [0.25, 0.3) is 5.78 Å². The maximum Gasteiger partial charge on any atom is 0.253 e. The zero-order chi connectivity index (χ0) is 17.4. The van der Waals surface area contributed by atoms with Gasteiger partial charge in [-0.3, -0.25) is 4.79 Å². The van der Waals surface area contributed by atoms with Crippen molar-refractivity contribution in [3.05, 3.63) is 17.0 Å². The third-order valence-corrected chi connectivity index (χ3v) is 5.16. The summed E-state index contributed by atoms with van der Waals surface area (Å²) in [5, 5.41) is 5.05. The number of nitrogens with zero attached hydrogens (tertiary/aromatic N) is 5. The predicted octanol–water partition coefficient (Wildman–Crippen LogP) is 1.78. The topological polar surface area (TPSA) is 72.6 Å². The maximum absolute atomic E-state index is 12.4. The van der Waals surface area contributed by atoms with Crippen molar-refractivity contribution in [2.45, 2.75) is 52.0 Å². The Morgan fingerprint density at radius 2 is 1.88 bits per heavy atom. The van der Waals surface area contributed by atoms with E-state index in [-0.39, 0.29) is 18.1 Å². The summed E-state index contributed by atoms with van der Waals surface area (Å²) in [4.78, 5) is 23.2. The molecule has 1 aliphatic heterocycles. The van der Waals surface area contributed by atoms with Gasteiger partial charge in [0.05, 0.1) is 18.0 Å². The molecular formula is C16H23N5O2S. The van der Waals surface area contributed by atoms with Gasteiger partial charge in [-0.2, -0.15) is 4.98 Å². The summed E-state index contributed by atoms with van der Waals surface area (Å²) in [6, 6.07) is 0. The lowest BCUT2D eigenvalue weighted by molar-refractivity contribution is -0.140. The Balaban J connectivity index is 1.69. The summed E-state index contributed by atoms with van der Waals surface area (Å²) >= 11 is 1.36. The second-order valence-corrected chi connectivity index (χ2v) is 7.30. The fourth-order valence-corrected chi connectivity index (χ4v) is 3.62. The molecule has 0 aromatic carbocycles. The normalized spacial score (nSPS) is 21.5. The second kappa shape index (κ2) is 6.68. The molecule has 130 valence electrons. The zero-order valence-electron chi connectivity index (χ0n) is 14.7. The van der Waals surface area contributed by atoms with Gasteiger partial charge in [-0.1, -0.05) is 11.8 Å². The minimum atomic E-state index is 0.0776. The van der Waals surface area contributed by atoms with Crippen LogP contribution in [0.2, 0.25) is 0 Å². The van der Waals surface area contributed by atoms with E-state index >= 15 is 0 Å². The van der Waals surface area contributed by atoms with Gasteiger partial charge in [0, 0.05) is 24.5 Å². The highest BCUT2D eigenvalue weighted by molar-refractivity contribution is 7.99. The molecule has 2 aromatic heterocycles. The number of carbonyl (C=O) groups is 1. The van der Waals surface area contributed by atoms with Crippen molar-refractivity contribution in [1.29, 1.82) is 0 Å². The first kappa shape index (κ1) is 17.2. The smallest absolute Gasteiger partial charge is 0.253 e. The molecule has 0 saturated carbocycles. The van der Waals surface area contributed by atoms with Crippen LogP contribution in [-0.4, -0.2) is 61.4 Å². The summed E-state index contributed by atoms with van der Waals surface area (Å²) in [5.41, 5.74) is 3.09. The molecule has 1 saturated heterocycles. The van der Waals surface area contributed by atoms with Gasteiger partial charge < -0.3 is 9.64 Å². The molecular weight excluding hydrogens is 326 g/mol. The molecule has 2 atom stereocenters. The van der Waals surface area contributed by atoms with Crippen LogP contribution in [-0.2, 0) is 9.53 Å². The molecule has 1 fully saturated rings. The van der Waals surface area contributed by atoms with E-state index in [0.717, 1.165) is 17.0 Å². The van der Waals surface area contributed by atoms with Crippen LogP contribution in [0.1, 0.15) is 30.8 Å². The Morgan fingerprint density at radius 1 is 1.21 bits per heavy atom. The Hall–Kier alpha value is -1.67. The predicted molar refractivity (Wildman–Crippen MR) is 92.3 cm³/mol. The van der Waals surface area contributed by atoms with Gasteiger partial charge in [-0.05, 0) is 40.2 Å². The first-order chi connectivity index (χ1) is 11.3. The Kier molecular flexibility index (Phi) is 4.78. The van der Waals surface area contributed by atoms with E-state index < -0.39 is 0 Å². The summed E-state index contributed by atoms with van der Waals surface area (Å²) < 4.78 is 7.41. The number of thioether (sulfide) groups is 1. The third-order valence-electron chi connectivity index (χ3n) is 4.34. The molecule has 0 N–H and O–H groups in total. The number of carbonyl (C=O) groups excluding carboxylic acids is 1. The van der Waals surface area contributed by atoms with E-state index in [4.69, 9.17) is 4.74 Å². The molecule has 0 radical (unpaired) electrons. The minimum absolute atomic E-state index is 0.0776. The van der Waals surface area contributed by atoms with Crippen LogP contribution >= 0.6 is 11.8 Å². The van der Waals surface area contributed by atoms with Gasteiger partial charge in [0.25, 0.3) is 5.78 Å². The molecule has 1 aliphatic rings. The standard InChI is InChI=1S/C16H23N5O2S/c1-9-6-20(7-10(2)23-9)14(22)8-24-16-18-15-17-12(4)11(3)13(5)21(15)19-16/h9-10H,6-8H2,1-5H3. The molecule has 8 heteroatoms. The van der Waals surface area contributed by atoms with E-state index in [0.29, 0.717) is 29.8 Å². The molecule has 2 aromatic rings. The number of ether oxygens (including phenoxy) is 1. The van der Waals surface area contributed by atoms with Crippen LogP contribution in [0.4, 0.5) is 0 Å². The summed E-state index contributed by atoms with van der Waals surface area (Å²) in [7, 11) is 0. The molecule has 3 heterocycles. The highest BCUT2D eigenvalue weighted by Gasteiger charge is 2.26. The summed E-state index contributed by atoms with van der Waals surface area (Å²) in [5.74, 6) is 1.00. The summed E-state index contributed by atoms with van der Waals surface area (Å²) in [6.45, 7) is 11.3. The Labute approximate surface area is 145 Å². The molecule has 0 aliphatic carbocycles. The van der Waals surface area contributed by atoms with Crippen molar-refractivity contribution in [3.63, 3.8) is 0 Å². The van der Waals surface area contributed by atoms with E-state index in [2.05, 4.69) is 15.1 Å². The first-order valence-electron chi connectivity index (χ1n) is 8.11. The van der Waals surface area contributed by atoms with Crippen molar-refractivity contribution in [1.82, 2.24) is 24.5 Å². The lowest BCUT2D eigenvalue weighted by Gasteiger charge is -2.35. The van der Waals surface area contributed by atoms with Crippen LogP contribution < -0.4 is 0 Å². The minimum Gasteiger partial charge on any atom is -0.372 e. The van der Waals surface area contributed by atoms with Crippen molar-refractivity contribution in [2.75, 3.05) is 18.8 Å². The van der Waals surface area contributed by atoms with Gasteiger partial charge in [0.15, 0.2) is 0 Å². The first-order valence-corrected chi connectivity index (χ1v) is 9.10. The number of morpholine rings is 1. The monoisotopic (exact) mass is 349 g/mol. The number of fused-ring (bicyclic) bond motifs is 1. The van der Waals surface area contributed by atoms with Crippen LogP contribution in [0, 0.1) is 20.8 Å². The molecule has 0 spiro atoms. The van der Waals surface area contributed by atoms with E-state index in [1.165, 1.54) is 11.8 Å². The van der Waals surface area contributed by atoms with Crippen molar-refractivity contribution in [3.8, 4) is 0 Å². The Morgan fingerprint density at radius 3 is 2.54 bits per heavy atom. The number of amides is 1. The van der Waals surface area contributed by atoms with Gasteiger partial charge in [0.1, 0.15) is 0 Å². The van der Waals surface area contributed by atoms with E-state index in [1.54, 1.807) is 4.52 Å². The molecule has 7 nitrogen and oxygen atoms in total. The molecule has 1 amide bonds. The number of aryl methyl sites for hydroxylation is 2. The Bertz CT molecular complexity index is 765. The fourth-order valence-electron chi connectivity index (χ4n) is 2.90. The zero-order valence-corrected chi connectivity index (χ0v) is 15.6. The fraction of sp³-hybridized carbons (Fsp3) is 0.625. The average Bonchev–Trinajstić information content (AvgIpc) is 2.92. The number of aromatic nitrogens is 4. The molecule has 0 bridgehead atoms. The van der Waals surface area contributed by atoms with E-state index in [1.807, 2.05) is 39.5 Å². The lowest BCUT2D eigenvalue weighted by Crippen LogP contribution is -2.48. The van der Waals surface area contributed by atoms with Gasteiger partial charge in [-0.25, -0.2) is 9.50 Å². The SMILES string of the molecule is Cc1nc2nc(SCC(=O)N3CC(C)OC(C)C3)nn2c(C)c1C. The van der Waals surface area contributed by atoms with E-state index in [9.17, 15) is 4.79 Å². The van der Waals surface area contributed by atoms with Crippen LogP contribution in [0.5, 0.6) is 0 Å². The number of hydrogen-bond donors (Lipinski definition) is 0. The van der Waals surface area contributed by atoms with Crippen molar-refractivity contribution < 1.29 is 9.53 Å². The van der Waals surface area contributed by atoms with Gasteiger partial charge in [0.2, 0.25) is 11.1 Å². The largest absolute Gasteiger partial charge is 0.372 e. The highest BCUT2D eigenvalue weighted by Crippen LogP contribution is 2.19. The van der Waals surface area contributed by atoms with Crippen LogP contribution in [0.15, 0.2) is 5.16 Å². The highest BCUT2D eigenvalue weighted by atomic mass is 32.2. The van der Waals surface area contributed by atoms with Gasteiger partial charge >= 0.3 is 0 Å². The quantitative estimate of drug-likeness (QED) is 0.787. The second-order valence-electron chi connectivity index (χ2n) is 6.36.